The second kappa shape index (κ2) is 5.02. The van der Waals surface area contributed by atoms with Crippen molar-refractivity contribution in [2.45, 2.75) is 18.3 Å². The molecule has 2 fully saturated rings. The van der Waals surface area contributed by atoms with Crippen molar-refractivity contribution in [2.75, 3.05) is 4.90 Å². The molecule has 1 heterocycles. The molecule has 2 amide bonds. The average molecular weight is 352 g/mol. The van der Waals surface area contributed by atoms with Crippen LogP contribution >= 0.6 is 11.6 Å². The SMILES string of the molecule is O=C1C[C@H]2c3ccccc3[C@H]1[C@H]1C(=O)N(c3ccc(Cl)cc3)C(=O)[C@H]12. The first kappa shape index (κ1) is 14.8. The van der Waals surface area contributed by atoms with E-state index in [0.717, 1.165) is 11.1 Å². The highest BCUT2D eigenvalue weighted by atomic mass is 35.5. The summed E-state index contributed by atoms with van der Waals surface area (Å²) in [6.45, 7) is 0. The molecule has 3 aliphatic carbocycles. The van der Waals surface area contributed by atoms with Crippen molar-refractivity contribution in [3.8, 4) is 0 Å². The number of fused-ring (bicyclic) bond motifs is 1. The number of ketones is 1. The smallest absolute Gasteiger partial charge is 0.238 e. The zero-order chi connectivity index (χ0) is 17.3. The summed E-state index contributed by atoms with van der Waals surface area (Å²) in [7, 11) is 0. The van der Waals surface area contributed by atoms with E-state index in [1.807, 2.05) is 24.3 Å². The van der Waals surface area contributed by atoms with Crippen LogP contribution in [0.3, 0.4) is 0 Å². The highest BCUT2D eigenvalue weighted by Crippen LogP contribution is 2.57. The van der Waals surface area contributed by atoms with Crippen LogP contribution in [-0.4, -0.2) is 17.6 Å². The molecule has 2 aromatic carbocycles. The van der Waals surface area contributed by atoms with Crippen LogP contribution in [0.2, 0.25) is 5.02 Å². The molecule has 2 aromatic rings. The van der Waals surface area contributed by atoms with Gasteiger partial charge in [0.05, 0.1) is 23.4 Å². The molecule has 4 atom stereocenters. The van der Waals surface area contributed by atoms with E-state index in [1.165, 1.54) is 4.90 Å². The molecule has 0 radical (unpaired) electrons. The van der Waals surface area contributed by atoms with Gasteiger partial charge in [0, 0.05) is 17.4 Å². The molecular formula is C20H14ClNO3. The second-order valence-electron chi connectivity index (χ2n) is 6.92. The van der Waals surface area contributed by atoms with E-state index >= 15 is 0 Å². The van der Waals surface area contributed by atoms with Gasteiger partial charge in [0.2, 0.25) is 11.8 Å². The molecule has 1 aliphatic heterocycles. The van der Waals surface area contributed by atoms with Crippen molar-refractivity contribution >= 4 is 34.9 Å². The van der Waals surface area contributed by atoms with E-state index in [9.17, 15) is 14.4 Å². The minimum atomic E-state index is -0.579. The summed E-state index contributed by atoms with van der Waals surface area (Å²) < 4.78 is 0. The number of Topliss-reactive ketones (excluding diaryl/α,β-unsaturated/α-hetero) is 1. The molecule has 124 valence electrons. The molecule has 0 unspecified atom stereocenters. The normalized spacial score (nSPS) is 29.8. The third-order valence-electron chi connectivity index (χ3n) is 5.77. The fourth-order valence-corrected chi connectivity index (χ4v) is 4.93. The summed E-state index contributed by atoms with van der Waals surface area (Å²) in [5.41, 5.74) is 2.49. The van der Waals surface area contributed by atoms with Gasteiger partial charge in [-0.1, -0.05) is 35.9 Å². The molecule has 1 saturated carbocycles. The number of hydrogen-bond acceptors (Lipinski definition) is 3. The van der Waals surface area contributed by atoms with Gasteiger partial charge in [-0.05, 0) is 35.4 Å². The fraction of sp³-hybridized carbons (Fsp3) is 0.250. The minimum Gasteiger partial charge on any atom is -0.299 e. The van der Waals surface area contributed by atoms with Gasteiger partial charge in [0.15, 0.2) is 0 Å². The standard InChI is InChI=1S/C20H14ClNO3/c21-10-5-7-11(8-6-10)22-19(24)17-14-9-15(23)16(18(17)20(22)25)13-4-2-1-3-12(13)14/h1-8,14,16-18H,9H2/t14-,16+,17-,18+/m0/s1. The van der Waals surface area contributed by atoms with Crippen LogP contribution in [-0.2, 0) is 14.4 Å². The Morgan fingerprint density at radius 2 is 1.48 bits per heavy atom. The van der Waals surface area contributed by atoms with Crippen molar-refractivity contribution in [1.29, 1.82) is 0 Å². The lowest BCUT2D eigenvalue weighted by molar-refractivity contribution is -0.134. The number of anilines is 1. The number of carbonyl (C=O) groups excluding carboxylic acids is 3. The second-order valence-corrected chi connectivity index (χ2v) is 7.36. The van der Waals surface area contributed by atoms with E-state index < -0.39 is 17.8 Å². The summed E-state index contributed by atoms with van der Waals surface area (Å²) in [4.78, 5) is 40.1. The Morgan fingerprint density at radius 1 is 0.840 bits per heavy atom. The van der Waals surface area contributed by atoms with Crippen molar-refractivity contribution in [2.24, 2.45) is 11.8 Å². The Balaban J connectivity index is 1.65. The first-order valence-corrected chi connectivity index (χ1v) is 8.70. The van der Waals surface area contributed by atoms with Gasteiger partial charge in [-0.25, -0.2) is 0 Å². The van der Waals surface area contributed by atoms with Crippen LogP contribution in [0.4, 0.5) is 5.69 Å². The van der Waals surface area contributed by atoms with Crippen molar-refractivity contribution in [3.63, 3.8) is 0 Å². The summed E-state index contributed by atoms with van der Waals surface area (Å²) in [5.74, 6) is -2.12. The lowest BCUT2D eigenvalue weighted by Gasteiger charge is -2.43. The Morgan fingerprint density at radius 3 is 2.20 bits per heavy atom. The number of nitrogens with zero attached hydrogens (tertiary/aromatic N) is 1. The van der Waals surface area contributed by atoms with E-state index in [2.05, 4.69) is 0 Å². The van der Waals surface area contributed by atoms with Gasteiger partial charge in [0.1, 0.15) is 5.78 Å². The summed E-state index contributed by atoms with van der Waals surface area (Å²) in [6, 6.07) is 14.4. The van der Waals surface area contributed by atoms with Crippen LogP contribution < -0.4 is 4.90 Å². The zero-order valence-corrected chi connectivity index (χ0v) is 13.9. The maximum atomic E-state index is 13.1. The van der Waals surface area contributed by atoms with Crippen molar-refractivity contribution in [3.05, 3.63) is 64.7 Å². The molecule has 6 rings (SSSR count). The quantitative estimate of drug-likeness (QED) is 0.741. The molecule has 0 spiro atoms. The number of hydrogen-bond donors (Lipinski definition) is 0. The van der Waals surface area contributed by atoms with Gasteiger partial charge in [-0.3, -0.25) is 19.3 Å². The van der Waals surface area contributed by atoms with Gasteiger partial charge < -0.3 is 0 Å². The topological polar surface area (TPSA) is 54.5 Å². The predicted octanol–water partition coefficient (Wildman–Crippen LogP) is 3.30. The summed E-state index contributed by atoms with van der Waals surface area (Å²) >= 11 is 5.92. The zero-order valence-electron chi connectivity index (χ0n) is 13.2. The van der Waals surface area contributed by atoms with Crippen LogP contribution in [0.15, 0.2) is 48.5 Å². The number of rotatable bonds is 1. The van der Waals surface area contributed by atoms with E-state index in [1.54, 1.807) is 24.3 Å². The summed E-state index contributed by atoms with van der Waals surface area (Å²) in [5, 5.41) is 0.544. The molecule has 2 bridgehead atoms. The first-order valence-electron chi connectivity index (χ1n) is 8.33. The maximum Gasteiger partial charge on any atom is 0.238 e. The van der Waals surface area contributed by atoms with Crippen molar-refractivity contribution < 1.29 is 14.4 Å². The van der Waals surface area contributed by atoms with Crippen molar-refractivity contribution in [1.82, 2.24) is 0 Å². The highest BCUT2D eigenvalue weighted by molar-refractivity contribution is 6.31. The molecule has 0 N–H and O–H groups in total. The number of imide groups is 1. The third-order valence-corrected chi connectivity index (χ3v) is 6.03. The molecule has 5 heteroatoms. The van der Waals surface area contributed by atoms with E-state index in [4.69, 9.17) is 11.6 Å². The number of benzene rings is 2. The van der Waals surface area contributed by atoms with Crippen LogP contribution in [0.1, 0.15) is 29.4 Å². The molecule has 1 saturated heterocycles. The molecule has 4 nitrogen and oxygen atoms in total. The molecule has 4 aliphatic rings. The predicted molar refractivity (Wildman–Crippen MR) is 92.5 cm³/mol. The third kappa shape index (κ3) is 1.86. The van der Waals surface area contributed by atoms with E-state index in [0.29, 0.717) is 17.1 Å². The fourth-order valence-electron chi connectivity index (χ4n) is 4.80. The Bertz CT molecular complexity index is 936. The largest absolute Gasteiger partial charge is 0.299 e. The monoisotopic (exact) mass is 351 g/mol. The van der Waals surface area contributed by atoms with Gasteiger partial charge in [-0.2, -0.15) is 0 Å². The number of carbonyl (C=O) groups is 3. The minimum absolute atomic E-state index is 0.0732. The average Bonchev–Trinajstić information content (AvgIpc) is 2.88. The Hall–Kier alpha value is -2.46. The molecule has 25 heavy (non-hydrogen) atoms. The molecular weight excluding hydrogens is 338 g/mol. The maximum absolute atomic E-state index is 13.1. The van der Waals surface area contributed by atoms with Gasteiger partial charge in [0.25, 0.3) is 0 Å². The number of halogens is 1. The Labute approximate surface area is 149 Å². The lowest BCUT2D eigenvalue weighted by atomic mass is 9.56. The van der Waals surface area contributed by atoms with Crippen LogP contribution in [0, 0.1) is 11.8 Å². The Kier molecular flexibility index (Phi) is 2.98. The van der Waals surface area contributed by atoms with Gasteiger partial charge in [-0.15, -0.1) is 0 Å². The van der Waals surface area contributed by atoms with Crippen LogP contribution in [0.25, 0.3) is 0 Å². The summed E-state index contributed by atoms with van der Waals surface area (Å²) in [6.07, 6.45) is 0.344. The van der Waals surface area contributed by atoms with Crippen LogP contribution in [0.5, 0.6) is 0 Å². The van der Waals surface area contributed by atoms with Gasteiger partial charge >= 0.3 is 0 Å². The molecule has 0 aromatic heterocycles. The van der Waals surface area contributed by atoms with E-state index in [-0.39, 0.29) is 23.5 Å². The first-order chi connectivity index (χ1) is 12.1. The number of amides is 2. The highest BCUT2D eigenvalue weighted by Gasteiger charge is 2.62. The lowest BCUT2D eigenvalue weighted by Crippen LogP contribution is -2.44.